The van der Waals surface area contributed by atoms with Gasteiger partial charge in [0.1, 0.15) is 17.8 Å². The summed E-state index contributed by atoms with van der Waals surface area (Å²) in [5.74, 6) is 1.38. The van der Waals surface area contributed by atoms with E-state index in [2.05, 4.69) is 43.9 Å². The fourth-order valence-electron chi connectivity index (χ4n) is 3.34. The topological polar surface area (TPSA) is 105 Å². The number of anilines is 3. The van der Waals surface area contributed by atoms with Gasteiger partial charge in [0, 0.05) is 18.7 Å². The molecule has 0 aliphatic carbocycles. The first kappa shape index (κ1) is 18.5. The maximum Gasteiger partial charge on any atom is 0.269 e. The van der Waals surface area contributed by atoms with Crippen LogP contribution in [0.25, 0.3) is 0 Å². The molecule has 0 saturated heterocycles. The fourth-order valence-corrected chi connectivity index (χ4v) is 3.34. The van der Waals surface area contributed by atoms with Crippen molar-refractivity contribution in [2.24, 2.45) is 0 Å². The quantitative estimate of drug-likeness (QED) is 0.575. The average Bonchev–Trinajstić information content (AvgIpc) is 2.78. The standard InChI is InChI=1S/C21H22N6O2/c1-29-17-8-6-15(7-9-17)21(28)26-25-19-18(22)20(24-13-23-19)27-11-10-14-4-2-3-5-16(14)12-27/h2-9,13H,10-12,22H2,1H3,(H,26,28)(H,23,24,25). The third-order valence-electron chi connectivity index (χ3n) is 4.94. The lowest BCUT2D eigenvalue weighted by atomic mass is 10.00. The molecule has 0 radical (unpaired) electrons. The van der Waals surface area contributed by atoms with Crippen molar-refractivity contribution >= 4 is 23.2 Å². The summed E-state index contributed by atoms with van der Waals surface area (Å²) in [6.45, 7) is 1.55. The number of benzene rings is 2. The number of fused-ring (bicyclic) bond motifs is 1. The average molecular weight is 390 g/mol. The molecule has 3 aromatic rings. The first-order valence-electron chi connectivity index (χ1n) is 9.28. The number of nitrogens with zero attached hydrogens (tertiary/aromatic N) is 3. The highest BCUT2D eigenvalue weighted by atomic mass is 16.5. The molecule has 29 heavy (non-hydrogen) atoms. The summed E-state index contributed by atoms with van der Waals surface area (Å²) < 4.78 is 5.10. The van der Waals surface area contributed by atoms with Crippen LogP contribution in [0.2, 0.25) is 0 Å². The zero-order valence-electron chi connectivity index (χ0n) is 16.1. The first-order valence-corrected chi connectivity index (χ1v) is 9.28. The van der Waals surface area contributed by atoms with Gasteiger partial charge in [0.25, 0.3) is 5.91 Å². The Morgan fingerprint density at radius 2 is 1.86 bits per heavy atom. The van der Waals surface area contributed by atoms with Gasteiger partial charge in [-0.05, 0) is 41.8 Å². The van der Waals surface area contributed by atoms with Crippen LogP contribution >= 0.6 is 0 Å². The molecule has 0 bridgehead atoms. The van der Waals surface area contributed by atoms with Crippen LogP contribution in [0.5, 0.6) is 5.75 Å². The minimum absolute atomic E-state index is 0.306. The first-order chi connectivity index (χ1) is 14.2. The smallest absolute Gasteiger partial charge is 0.269 e. The van der Waals surface area contributed by atoms with E-state index in [4.69, 9.17) is 10.5 Å². The van der Waals surface area contributed by atoms with Gasteiger partial charge in [-0.2, -0.15) is 0 Å². The van der Waals surface area contributed by atoms with Crippen molar-refractivity contribution in [1.82, 2.24) is 15.4 Å². The second kappa shape index (κ2) is 8.05. The van der Waals surface area contributed by atoms with Gasteiger partial charge >= 0.3 is 0 Å². The van der Waals surface area contributed by atoms with Gasteiger partial charge in [-0.1, -0.05) is 24.3 Å². The molecule has 0 unspecified atom stereocenters. The van der Waals surface area contributed by atoms with Crippen LogP contribution in [0.15, 0.2) is 54.9 Å². The summed E-state index contributed by atoms with van der Waals surface area (Å²) in [7, 11) is 1.58. The third kappa shape index (κ3) is 3.91. The number of hydrazine groups is 1. The molecule has 1 aromatic heterocycles. The van der Waals surface area contributed by atoms with Crippen LogP contribution in [0.4, 0.5) is 17.3 Å². The summed E-state index contributed by atoms with van der Waals surface area (Å²) in [5, 5.41) is 0. The number of nitrogen functional groups attached to an aromatic ring is 1. The van der Waals surface area contributed by atoms with Gasteiger partial charge in [0.05, 0.1) is 7.11 Å². The number of hydrogen-bond acceptors (Lipinski definition) is 7. The fraction of sp³-hybridized carbons (Fsp3) is 0.190. The SMILES string of the molecule is COc1ccc(C(=O)NNc2ncnc(N3CCc4ccccc4C3)c2N)cc1. The van der Waals surface area contributed by atoms with Crippen molar-refractivity contribution in [3.63, 3.8) is 0 Å². The molecule has 148 valence electrons. The molecular formula is C21H22N6O2. The molecule has 0 spiro atoms. The molecular weight excluding hydrogens is 368 g/mol. The highest BCUT2D eigenvalue weighted by Gasteiger charge is 2.20. The van der Waals surface area contributed by atoms with Crippen molar-refractivity contribution in [1.29, 1.82) is 0 Å². The second-order valence-electron chi connectivity index (χ2n) is 6.71. The maximum atomic E-state index is 12.3. The number of nitrogens with one attached hydrogen (secondary N) is 2. The van der Waals surface area contributed by atoms with Gasteiger partial charge in [-0.15, -0.1) is 0 Å². The Labute approximate surface area is 168 Å². The van der Waals surface area contributed by atoms with Crippen LogP contribution < -0.4 is 26.2 Å². The number of carbonyl (C=O) groups is 1. The summed E-state index contributed by atoms with van der Waals surface area (Å²) in [6, 6.07) is 15.2. The highest BCUT2D eigenvalue weighted by Crippen LogP contribution is 2.30. The molecule has 1 amide bonds. The molecule has 4 N–H and O–H groups in total. The largest absolute Gasteiger partial charge is 0.497 e. The van der Waals surface area contributed by atoms with Gasteiger partial charge in [-0.3, -0.25) is 15.6 Å². The van der Waals surface area contributed by atoms with Crippen molar-refractivity contribution in [3.05, 3.63) is 71.5 Å². The van der Waals surface area contributed by atoms with E-state index in [0.717, 1.165) is 19.5 Å². The number of hydrogen-bond donors (Lipinski definition) is 3. The van der Waals surface area contributed by atoms with Gasteiger partial charge < -0.3 is 15.4 Å². The lowest BCUT2D eigenvalue weighted by Gasteiger charge is -2.30. The van der Waals surface area contributed by atoms with Crippen LogP contribution in [-0.4, -0.2) is 29.5 Å². The molecule has 4 rings (SSSR count). The zero-order valence-corrected chi connectivity index (χ0v) is 16.1. The Morgan fingerprint density at radius 1 is 1.10 bits per heavy atom. The maximum absolute atomic E-state index is 12.3. The van der Waals surface area contributed by atoms with Crippen molar-refractivity contribution in [3.8, 4) is 5.75 Å². The minimum atomic E-state index is -0.306. The van der Waals surface area contributed by atoms with Crippen molar-refractivity contribution in [2.75, 3.05) is 29.7 Å². The van der Waals surface area contributed by atoms with Crippen LogP contribution in [0.3, 0.4) is 0 Å². The van der Waals surface area contributed by atoms with E-state index in [1.165, 1.54) is 17.5 Å². The predicted octanol–water partition coefficient (Wildman–Crippen LogP) is 2.39. The van der Waals surface area contributed by atoms with E-state index in [0.29, 0.717) is 28.6 Å². The Kier molecular flexibility index (Phi) is 5.15. The number of nitrogens with two attached hydrogens (primary N) is 1. The Balaban J connectivity index is 1.46. The molecule has 1 aliphatic heterocycles. The van der Waals surface area contributed by atoms with E-state index in [1.54, 1.807) is 31.4 Å². The number of rotatable bonds is 5. The molecule has 2 aromatic carbocycles. The van der Waals surface area contributed by atoms with Gasteiger partial charge in [0.15, 0.2) is 11.6 Å². The molecule has 0 fully saturated rings. The summed E-state index contributed by atoms with van der Waals surface area (Å²) >= 11 is 0. The Bertz CT molecular complexity index is 1020. The van der Waals surface area contributed by atoms with Crippen LogP contribution in [0, 0.1) is 0 Å². The van der Waals surface area contributed by atoms with Crippen molar-refractivity contribution in [2.45, 2.75) is 13.0 Å². The van der Waals surface area contributed by atoms with E-state index in [9.17, 15) is 4.79 Å². The summed E-state index contributed by atoms with van der Waals surface area (Å²) in [4.78, 5) is 23.0. The lowest BCUT2D eigenvalue weighted by molar-refractivity contribution is 0.0962. The van der Waals surface area contributed by atoms with E-state index < -0.39 is 0 Å². The summed E-state index contributed by atoms with van der Waals surface area (Å²) in [5.41, 5.74) is 15.2. The number of ether oxygens (including phenoxy) is 1. The van der Waals surface area contributed by atoms with Crippen LogP contribution in [0.1, 0.15) is 21.5 Å². The zero-order chi connectivity index (χ0) is 20.2. The minimum Gasteiger partial charge on any atom is -0.497 e. The monoisotopic (exact) mass is 390 g/mol. The Hall–Kier alpha value is -3.81. The van der Waals surface area contributed by atoms with Gasteiger partial charge in [-0.25, -0.2) is 9.97 Å². The van der Waals surface area contributed by atoms with E-state index in [-0.39, 0.29) is 5.91 Å². The van der Waals surface area contributed by atoms with E-state index in [1.807, 2.05) is 6.07 Å². The Morgan fingerprint density at radius 3 is 2.62 bits per heavy atom. The highest BCUT2D eigenvalue weighted by molar-refractivity contribution is 5.95. The summed E-state index contributed by atoms with van der Waals surface area (Å²) in [6.07, 6.45) is 2.37. The predicted molar refractivity (Wildman–Crippen MR) is 112 cm³/mol. The second-order valence-corrected chi connectivity index (χ2v) is 6.71. The molecule has 8 heteroatoms. The molecule has 0 atom stereocenters. The molecule has 1 aliphatic rings. The number of methoxy groups -OCH3 is 1. The normalized spacial score (nSPS) is 12.8. The number of carbonyl (C=O) groups excluding carboxylic acids is 1. The molecule has 8 nitrogen and oxygen atoms in total. The number of aromatic nitrogens is 2. The molecule has 2 heterocycles. The van der Waals surface area contributed by atoms with E-state index >= 15 is 0 Å². The number of amides is 1. The van der Waals surface area contributed by atoms with Gasteiger partial charge in [0.2, 0.25) is 0 Å². The third-order valence-corrected chi connectivity index (χ3v) is 4.94. The molecule has 0 saturated carbocycles. The van der Waals surface area contributed by atoms with Crippen LogP contribution in [-0.2, 0) is 13.0 Å². The van der Waals surface area contributed by atoms with Crippen molar-refractivity contribution < 1.29 is 9.53 Å². The lowest BCUT2D eigenvalue weighted by Crippen LogP contribution is -2.33.